The highest BCUT2D eigenvalue weighted by Gasteiger charge is 2.04. The van der Waals surface area contributed by atoms with Gasteiger partial charge in [0.15, 0.2) is 0 Å². The lowest BCUT2D eigenvalue weighted by atomic mass is 10.1. The molecule has 0 unspecified atom stereocenters. The number of carbonyl (C=O) groups excluding carboxylic acids is 1. The molecule has 0 radical (unpaired) electrons. The van der Waals surface area contributed by atoms with Gasteiger partial charge < -0.3 is 14.8 Å². The van der Waals surface area contributed by atoms with Crippen LogP contribution < -0.4 is 10.1 Å². The van der Waals surface area contributed by atoms with Crippen LogP contribution in [-0.2, 0) is 4.74 Å². The SMILES string of the molecule is C=Cc1ccc(OCCNC(=O)OC(C)C)c(C)c1.CC. The maximum absolute atomic E-state index is 11.2. The molecule has 0 aliphatic carbocycles. The molecule has 1 N–H and O–H groups in total. The molecule has 0 aliphatic rings. The Balaban J connectivity index is 0.00000191. The molecule has 4 nitrogen and oxygen atoms in total. The van der Waals surface area contributed by atoms with Crippen LogP contribution in [0.2, 0.25) is 0 Å². The summed E-state index contributed by atoms with van der Waals surface area (Å²) < 4.78 is 10.5. The van der Waals surface area contributed by atoms with E-state index in [4.69, 9.17) is 9.47 Å². The van der Waals surface area contributed by atoms with E-state index in [9.17, 15) is 4.79 Å². The number of nitrogens with one attached hydrogen (secondary N) is 1. The van der Waals surface area contributed by atoms with Crippen molar-refractivity contribution < 1.29 is 14.3 Å². The van der Waals surface area contributed by atoms with Crippen LogP contribution in [0.15, 0.2) is 24.8 Å². The van der Waals surface area contributed by atoms with Crippen LogP contribution in [0.25, 0.3) is 6.08 Å². The fourth-order valence-corrected chi connectivity index (χ4v) is 1.53. The number of hydrogen-bond acceptors (Lipinski definition) is 3. The molecule has 4 heteroatoms. The lowest BCUT2D eigenvalue weighted by Gasteiger charge is -2.11. The molecule has 0 heterocycles. The Labute approximate surface area is 128 Å². The molecule has 1 rings (SSSR count). The van der Waals surface area contributed by atoms with Crippen molar-refractivity contribution >= 4 is 12.2 Å². The summed E-state index contributed by atoms with van der Waals surface area (Å²) in [5.74, 6) is 0.810. The standard InChI is InChI=1S/C15H21NO3.C2H6/c1-5-13-6-7-14(12(4)10-13)18-9-8-16-15(17)19-11(2)3;1-2/h5-7,10-11H,1,8-9H2,2-4H3,(H,16,17);1-2H3. The van der Waals surface area contributed by atoms with E-state index in [-0.39, 0.29) is 6.10 Å². The first-order valence-electron chi connectivity index (χ1n) is 7.33. The van der Waals surface area contributed by atoms with Crippen molar-refractivity contribution in [1.29, 1.82) is 0 Å². The number of carbonyl (C=O) groups is 1. The van der Waals surface area contributed by atoms with E-state index in [1.54, 1.807) is 19.9 Å². The fraction of sp³-hybridized carbons (Fsp3) is 0.471. The minimum absolute atomic E-state index is 0.116. The van der Waals surface area contributed by atoms with E-state index >= 15 is 0 Å². The van der Waals surface area contributed by atoms with Gasteiger partial charge in [0.25, 0.3) is 0 Å². The molecule has 0 spiro atoms. The van der Waals surface area contributed by atoms with E-state index in [0.717, 1.165) is 16.9 Å². The van der Waals surface area contributed by atoms with Gasteiger partial charge in [0, 0.05) is 0 Å². The summed E-state index contributed by atoms with van der Waals surface area (Å²) in [7, 11) is 0. The second kappa shape index (κ2) is 10.8. The number of rotatable bonds is 6. The molecule has 0 atom stereocenters. The maximum Gasteiger partial charge on any atom is 0.407 e. The number of aryl methyl sites for hydroxylation is 1. The zero-order valence-electron chi connectivity index (χ0n) is 13.7. The molecule has 0 bridgehead atoms. The van der Waals surface area contributed by atoms with Crippen LogP contribution >= 0.6 is 0 Å². The quantitative estimate of drug-likeness (QED) is 0.800. The first-order valence-corrected chi connectivity index (χ1v) is 7.33. The molecular weight excluding hydrogens is 266 g/mol. The highest BCUT2D eigenvalue weighted by atomic mass is 16.6. The van der Waals surface area contributed by atoms with Crippen molar-refractivity contribution in [2.75, 3.05) is 13.2 Å². The Morgan fingerprint density at radius 1 is 1.38 bits per heavy atom. The Hall–Kier alpha value is -1.97. The Bertz CT molecular complexity index is 442. The van der Waals surface area contributed by atoms with Gasteiger partial charge in [-0.3, -0.25) is 0 Å². The van der Waals surface area contributed by atoms with Crippen molar-refractivity contribution in [2.24, 2.45) is 0 Å². The molecule has 1 amide bonds. The van der Waals surface area contributed by atoms with Gasteiger partial charge in [-0.2, -0.15) is 0 Å². The second-order valence-electron chi connectivity index (χ2n) is 4.46. The average Bonchev–Trinajstić information content (AvgIpc) is 2.46. The topological polar surface area (TPSA) is 47.6 Å². The van der Waals surface area contributed by atoms with E-state index in [1.165, 1.54) is 0 Å². The first kappa shape index (κ1) is 19.0. The lowest BCUT2D eigenvalue weighted by molar-refractivity contribution is 0.114. The Kier molecular flexibility index (Phi) is 9.76. The molecule has 0 saturated heterocycles. The molecule has 0 aliphatic heterocycles. The fourth-order valence-electron chi connectivity index (χ4n) is 1.53. The zero-order valence-corrected chi connectivity index (χ0v) is 13.7. The number of hydrogen-bond donors (Lipinski definition) is 1. The Morgan fingerprint density at radius 3 is 2.57 bits per heavy atom. The van der Waals surface area contributed by atoms with Crippen LogP contribution in [0.4, 0.5) is 4.79 Å². The van der Waals surface area contributed by atoms with Crippen molar-refractivity contribution in [2.45, 2.75) is 40.7 Å². The predicted molar refractivity (Wildman–Crippen MR) is 87.7 cm³/mol. The summed E-state index contributed by atoms with van der Waals surface area (Å²) >= 11 is 0. The van der Waals surface area contributed by atoms with E-state index in [2.05, 4.69) is 11.9 Å². The van der Waals surface area contributed by atoms with Crippen molar-refractivity contribution in [3.05, 3.63) is 35.9 Å². The largest absolute Gasteiger partial charge is 0.491 e. The van der Waals surface area contributed by atoms with Gasteiger partial charge in [-0.15, -0.1) is 0 Å². The van der Waals surface area contributed by atoms with Gasteiger partial charge in [-0.1, -0.05) is 32.6 Å². The average molecular weight is 293 g/mol. The van der Waals surface area contributed by atoms with E-state index in [1.807, 2.05) is 39.0 Å². The van der Waals surface area contributed by atoms with Crippen molar-refractivity contribution in [1.82, 2.24) is 5.32 Å². The summed E-state index contributed by atoms with van der Waals surface area (Å²) in [5.41, 5.74) is 2.10. The lowest BCUT2D eigenvalue weighted by Crippen LogP contribution is -2.30. The summed E-state index contributed by atoms with van der Waals surface area (Å²) in [4.78, 5) is 11.2. The van der Waals surface area contributed by atoms with Gasteiger partial charge in [-0.05, 0) is 44.0 Å². The molecule has 1 aromatic carbocycles. The van der Waals surface area contributed by atoms with Gasteiger partial charge in [-0.25, -0.2) is 4.79 Å². The molecule has 0 saturated carbocycles. The molecule has 0 aromatic heterocycles. The molecule has 21 heavy (non-hydrogen) atoms. The Morgan fingerprint density at radius 2 is 2.05 bits per heavy atom. The third-order valence-electron chi connectivity index (χ3n) is 2.41. The predicted octanol–water partition coefficient (Wildman–Crippen LogP) is 4.18. The smallest absolute Gasteiger partial charge is 0.407 e. The highest BCUT2D eigenvalue weighted by molar-refractivity contribution is 5.67. The van der Waals surface area contributed by atoms with Crippen LogP contribution in [0.5, 0.6) is 5.75 Å². The molecule has 0 fully saturated rings. The van der Waals surface area contributed by atoms with Gasteiger partial charge in [0.05, 0.1) is 12.6 Å². The summed E-state index contributed by atoms with van der Waals surface area (Å²) in [6.45, 7) is 14.1. The number of ether oxygens (including phenoxy) is 2. The van der Waals surface area contributed by atoms with Crippen LogP contribution in [-0.4, -0.2) is 25.3 Å². The minimum atomic E-state index is -0.419. The third-order valence-corrected chi connectivity index (χ3v) is 2.41. The number of amides is 1. The summed E-state index contributed by atoms with van der Waals surface area (Å²) in [6, 6.07) is 5.84. The van der Waals surface area contributed by atoms with Gasteiger partial charge in [0.1, 0.15) is 12.4 Å². The maximum atomic E-state index is 11.2. The first-order chi connectivity index (χ1) is 10.0. The molecule has 118 valence electrons. The zero-order chi connectivity index (χ0) is 16.3. The minimum Gasteiger partial charge on any atom is -0.491 e. The van der Waals surface area contributed by atoms with Crippen LogP contribution in [0.3, 0.4) is 0 Å². The third kappa shape index (κ3) is 8.02. The normalized spacial score (nSPS) is 9.43. The van der Waals surface area contributed by atoms with E-state index < -0.39 is 6.09 Å². The highest BCUT2D eigenvalue weighted by Crippen LogP contribution is 2.19. The summed E-state index contributed by atoms with van der Waals surface area (Å²) in [5, 5.41) is 2.62. The summed E-state index contributed by atoms with van der Waals surface area (Å²) in [6.07, 6.45) is 1.26. The van der Waals surface area contributed by atoms with Crippen LogP contribution in [0, 0.1) is 6.92 Å². The van der Waals surface area contributed by atoms with E-state index in [0.29, 0.717) is 13.2 Å². The second-order valence-corrected chi connectivity index (χ2v) is 4.46. The van der Waals surface area contributed by atoms with Gasteiger partial charge in [0.2, 0.25) is 0 Å². The van der Waals surface area contributed by atoms with Gasteiger partial charge >= 0.3 is 6.09 Å². The van der Waals surface area contributed by atoms with Crippen LogP contribution in [0.1, 0.15) is 38.8 Å². The molecule has 1 aromatic rings. The van der Waals surface area contributed by atoms with Crippen molar-refractivity contribution in [3.63, 3.8) is 0 Å². The molecular formula is C17H27NO3. The monoisotopic (exact) mass is 293 g/mol. The number of alkyl carbamates (subject to hydrolysis) is 1. The number of benzene rings is 1. The van der Waals surface area contributed by atoms with Crippen molar-refractivity contribution in [3.8, 4) is 5.75 Å².